The lowest BCUT2D eigenvalue weighted by molar-refractivity contribution is -0.122. The van der Waals surface area contributed by atoms with Gasteiger partial charge in [0.25, 0.3) is 11.5 Å². The Labute approximate surface area is 198 Å². The fraction of sp³-hybridized carbons (Fsp3) is 0.500. The molecule has 2 aliphatic rings. The molecule has 1 amide bonds. The first-order valence-corrected chi connectivity index (χ1v) is 12.6. The Morgan fingerprint density at radius 2 is 2.00 bits per heavy atom. The molecule has 0 radical (unpaired) electrons. The topological polar surface area (TPSA) is 66.7 Å². The number of thioether (sulfide) groups is 1. The van der Waals surface area contributed by atoms with Gasteiger partial charge in [0.05, 0.1) is 10.5 Å². The number of nitrogens with zero attached hydrogens (tertiary/aromatic N) is 3. The molecule has 1 aliphatic carbocycles. The molecule has 6 nitrogen and oxygen atoms in total. The van der Waals surface area contributed by atoms with Gasteiger partial charge in [-0.3, -0.25) is 18.9 Å². The number of aryl methyl sites for hydroxylation is 1. The van der Waals surface area contributed by atoms with Crippen LogP contribution < -0.4 is 10.9 Å². The van der Waals surface area contributed by atoms with E-state index >= 15 is 0 Å². The van der Waals surface area contributed by atoms with Crippen LogP contribution in [0, 0.1) is 12.8 Å². The molecule has 0 spiro atoms. The van der Waals surface area contributed by atoms with E-state index in [1.54, 1.807) is 21.6 Å². The van der Waals surface area contributed by atoms with Gasteiger partial charge in [0.15, 0.2) is 0 Å². The van der Waals surface area contributed by atoms with E-state index in [1.165, 1.54) is 11.8 Å². The van der Waals surface area contributed by atoms with Crippen molar-refractivity contribution < 1.29 is 4.79 Å². The van der Waals surface area contributed by atoms with Crippen LogP contribution in [0.15, 0.2) is 28.0 Å². The van der Waals surface area contributed by atoms with Crippen LogP contribution in [-0.2, 0) is 4.79 Å². The van der Waals surface area contributed by atoms with Crippen molar-refractivity contribution in [1.82, 2.24) is 14.3 Å². The van der Waals surface area contributed by atoms with E-state index in [-0.39, 0.29) is 17.5 Å². The number of anilines is 1. The summed E-state index contributed by atoms with van der Waals surface area (Å²) in [7, 11) is 0. The molecule has 0 aromatic carbocycles. The molecule has 1 saturated heterocycles. The first-order valence-electron chi connectivity index (χ1n) is 11.4. The predicted molar refractivity (Wildman–Crippen MR) is 136 cm³/mol. The number of rotatable bonds is 6. The molecule has 1 aliphatic heterocycles. The van der Waals surface area contributed by atoms with Crippen molar-refractivity contribution in [3.63, 3.8) is 0 Å². The second-order valence-corrected chi connectivity index (χ2v) is 10.6. The van der Waals surface area contributed by atoms with Crippen LogP contribution in [0.5, 0.6) is 0 Å². The van der Waals surface area contributed by atoms with Crippen LogP contribution in [0.25, 0.3) is 11.7 Å². The molecule has 2 aromatic heterocycles. The van der Waals surface area contributed by atoms with Crippen molar-refractivity contribution in [2.24, 2.45) is 5.92 Å². The summed E-state index contributed by atoms with van der Waals surface area (Å²) >= 11 is 6.70. The molecule has 1 N–H and O–H groups in total. The lowest BCUT2D eigenvalue weighted by Crippen LogP contribution is -2.29. The summed E-state index contributed by atoms with van der Waals surface area (Å²) in [6.45, 7) is 6.92. The summed E-state index contributed by atoms with van der Waals surface area (Å²) in [5.41, 5.74) is 1.81. The molecule has 1 saturated carbocycles. The summed E-state index contributed by atoms with van der Waals surface area (Å²) in [4.78, 5) is 33.4. The smallest absolute Gasteiger partial charge is 0.267 e. The zero-order chi connectivity index (χ0) is 22.8. The quantitative estimate of drug-likeness (QED) is 0.474. The Morgan fingerprint density at radius 3 is 2.72 bits per heavy atom. The second-order valence-electron chi connectivity index (χ2n) is 8.90. The van der Waals surface area contributed by atoms with Crippen LogP contribution in [0.4, 0.5) is 5.82 Å². The lowest BCUT2D eigenvalue weighted by atomic mass is 9.87. The third-order valence-corrected chi connectivity index (χ3v) is 7.62. The summed E-state index contributed by atoms with van der Waals surface area (Å²) < 4.78 is 2.11. The monoisotopic (exact) mass is 470 g/mol. The minimum absolute atomic E-state index is 0.125. The molecule has 0 bridgehead atoms. The largest absolute Gasteiger partial charge is 0.367 e. The van der Waals surface area contributed by atoms with Crippen LogP contribution >= 0.6 is 24.0 Å². The average molecular weight is 471 g/mol. The number of carbonyl (C=O) groups excluding carboxylic acids is 1. The third kappa shape index (κ3) is 4.76. The van der Waals surface area contributed by atoms with E-state index in [9.17, 15) is 9.59 Å². The van der Waals surface area contributed by atoms with Crippen molar-refractivity contribution in [2.45, 2.75) is 65.3 Å². The van der Waals surface area contributed by atoms with Gasteiger partial charge in [-0.05, 0) is 62.7 Å². The number of pyridine rings is 1. The SMILES string of the molecule is CCCCN1C(=O)C(=Cc2c(NC3CCC(C)CC3)nc3ccc(C)cn3c2=O)SC1=S. The number of amides is 1. The molecule has 32 heavy (non-hydrogen) atoms. The van der Waals surface area contributed by atoms with Gasteiger partial charge < -0.3 is 5.32 Å². The van der Waals surface area contributed by atoms with E-state index in [0.717, 1.165) is 50.0 Å². The Bertz CT molecular complexity index is 1130. The molecule has 2 fully saturated rings. The summed E-state index contributed by atoms with van der Waals surface area (Å²) in [6, 6.07) is 4.09. The van der Waals surface area contributed by atoms with Crippen molar-refractivity contribution in [2.75, 3.05) is 11.9 Å². The van der Waals surface area contributed by atoms with Crippen molar-refractivity contribution in [3.05, 3.63) is 44.7 Å². The Hall–Kier alpha value is -2.19. The molecular weight excluding hydrogens is 440 g/mol. The Kier molecular flexibility index (Phi) is 7.00. The number of fused-ring (bicyclic) bond motifs is 1. The van der Waals surface area contributed by atoms with Gasteiger partial charge in [0, 0.05) is 18.8 Å². The van der Waals surface area contributed by atoms with Crippen LogP contribution in [0.1, 0.15) is 63.5 Å². The van der Waals surface area contributed by atoms with Crippen molar-refractivity contribution >= 4 is 51.7 Å². The number of hydrogen-bond acceptors (Lipinski definition) is 6. The van der Waals surface area contributed by atoms with Crippen molar-refractivity contribution in [3.8, 4) is 0 Å². The first-order chi connectivity index (χ1) is 15.4. The van der Waals surface area contributed by atoms with Gasteiger partial charge in [-0.2, -0.15) is 0 Å². The van der Waals surface area contributed by atoms with Gasteiger partial charge in [0.2, 0.25) is 0 Å². The van der Waals surface area contributed by atoms with Gasteiger partial charge in [-0.15, -0.1) is 0 Å². The van der Waals surface area contributed by atoms with Gasteiger partial charge in [0.1, 0.15) is 15.8 Å². The van der Waals surface area contributed by atoms with E-state index < -0.39 is 0 Å². The number of aromatic nitrogens is 2. The van der Waals surface area contributed by atoms with Gasteiger partial charge in [-0.1, -0.05) is 50.3 Å². The summed E-state index contributed by atoms with van der Waals surface area (Å²) in [6.07, 6.45) is 9.78. The molecule has 0 unspecified atom stereocenters. The molecule has 3 heterocycles. The average Bonchev–Trinajstić information content (AvgIpc) is 3.04. The number of carbonyl (C=O) groups is 1. The Morgan fingerprint density at radius 1 is 1.25 bits per heavy atom. The number of thiocarbonyl (C=S) groups is 1. The molecule has 0 atom stereocenters. The third-order valence-electron chi connectivity index (χ3n) is 6.25. The maximum atomic E-state index is 13.5. The molecule has 2 aromatic rings. The van der Waals surface area contributed by atoms with Crippen LogP contribution in [0.3, 0.4) is 0 Å². The fourth-order valence-corrected chi connectivity index (χ4v) is 5.53. The molecule has 170 valence electrons. The maximum absolute atomic E-state index is 13.5. The lowest BCUT2D eigenvalue weighted by Gasteiger charge is -2.27. The molecule has 4 rings (SSSR count). The van der Waals surface area contributed by atoms with E-state index in [0.29, 0.717) is 32.8 Å². The number of nitrogens with one attached hydrogen (secondary N) is 1. The highest BCUT2D eigenvalue weighted by Crippen LogP contribution is 2.34. The second kappa shape index (κ2) is 9.75. The first kappa shape index (κ1) is 23.0. The standard InChI is InChI=1S/C24H30N4O2S2/c1-4-5-12-27-23(30)19(32-24(27)31)13-18-21(25-17-9-6-15(2)7-10-17)26-20-11-8-16(3)14-28(20)22(18)29/h8,11,13-15,17,25H,4-7,9-10,12H2,1-3H3. The van der Waals surface area contributed by atoms with Gasteiger partial charge in [-0.25, -0.2) is 4.98 Å². The molecular formula is C24H30N4O2S2. The normalized spacial score (nSPS) is 22.8. The van der Waals surface area contributed by atoms with Crippen LogP contribution in [0.2, 0.25) is 0 Å². The fourth-order valence-electron chi connectivity index (χ4n) is 4.24. The number of unbranched alkanes of at least 4 members (excludes halogenated alkanes) is 1. The zero-order valence-electron chi connectivity index (χ0n) is 18.9. The summed E-state index contributed by atoms with van der Waals surface area (Å²) in [5, 5.41) is 3.53. The minimum atomic E-state index is -0.177. The molecule has 8 heteroatoms. The van der Waals surface area contributed by atoms with Crippen molar-refractivity contribution in [1.29, 1.82) is 0 Å². The highest BCUT2D eigenvalue weighted by molar-refractivity contribution is 8.26. The van der Waals surface area contributed by atoms with Crippen LogP contribution in [-0.4, -0.2) is 37.1 Å². The predicted octanol–water partition coefficient (Wildman–Crippen LogP) is 4.99. The maximum Gasteiger partial charge on any atom is 0.267 e. The number of hydrogen-bond donors (Lipinski definition) is 1. The summed E-state index contributed by atoms with van der Waals surface area (Å²) in [5.74, 6) is 1.16. The van der Waals surface area contributed by atoms with Gasteiger partial charge >= 0.3 is 0 Å². The highest BCUT2D eigenvalue weighted by Gasteiger charge is 2.32. The van der Waals surface area contributed by atoms with E-state index in [1.807, 2.05) is 19.1 Å². The zero-order valence-corrected chi connectivity index (χ0v) is 20.5. The minimum Gasteiger partial charge on any atom is -0.367 e. The highest BCUT2D eigenvalue weighted by atomic mass is 32.2. The van der Waals surface area contributed by atoms with E-state index in [4.69, 9.17) is 17.2 Å². The Balaban J connectivity index is 1.75. The van der Waals surface area contributed by atoms with E-state index in [2.05, 4.69) is 19.2 Å².